The average Bonchev–Trinajstić information content (AvgIpc) is 2.65. The van der Waals surface area contributed by atoms with Gasteiger partial charge in [0.05, 0.1) is 6.21 Å². The Labute approximate surface area is 111 Å². The fourth-order valence-corrected chi connectivity index (χ4v) is 1.92. The normalized spacial score (nSPS) is 10.8. The Kier molecular flexibility index (Phi) is 3.61. The van der Waals surface area contributed by atoms with Crippen molar-refractivity contribution in [1.82, 2.24) is 15.0 Å². The molecule has 2 aromatic rings. The Morgan fingerprint density at radius 3 is 2.89 bits per heavy atom. The molecule has 0 aliphatic heterocycles. The van der Waals surface area contributed by atoms with Gasteiger partial charge in [-0.3, -0.25) is 0 Å². The average molecular weight is 257 g/mol. The van der Waals surface area contributed by atoms with E-state index in [0.717, 1.165) is 22.8 Å². The van der Waals surface area contributed by atoms with E-state index in [0.29, 0.717) is 0 Å². The SMILES string of the molecule is Cc1cc(/C=N\NC(N)=O)c(C)n1-c1ccccn1. The Hall–Kier alpha value is -2.63. The van der Waals surface area contributed by atoms with Crippen molar-refractivity contribution < 1.29 is 4.79 Å². The lowest BCUT2D eigenvalue weighted by molar-refractivity contribution is 0.249. The minimum absolute atomic E-state index is 0.685. The second-order valence-electron chi connectivity index (χ2n) is 4.08. The molecule has 98 valence electrons. The van der Waals surface area contributed by atoms with Crippen LogP contribution in [0.2, 0.25) is 0 Å². The first-order valence-corrected chi connectivity index (χ1v) is 5.78. The van der Waals surface area contributed by atoms with Crippen LogP contribution in [0.1, 0.15) is 17.0 Å². The van der Waals surface area contributed by atoms with E-state index in [1.54, 1.807) is 12.4 Å². The lowest BCUT2D eigenvalue weighted by Crippen LogP contribution is -2.24. The van der Waals surface area contributed by atoms with Crippen LogP contribution in [0.3, 0.4) is 0 Å². The monoisotopic (exact) mass is 257 g/mol. The van der Waals surface area contributed by atoms with Gasteiger partial charge in [-0.25, -0.2) is 15.2 Å². The van der Waals surface area contributed by atoms with Crippen molar-refractivity contribution in [3.8, 4) is 5.82 Å². The fourth-order valence-electron chi connectivity index (χ4n) is 1.92. The third kappa shape index (κ3) is 2.79. The van der Waals surface area contributed by atoms with Gasteiger partial charge in [-0.1, -0.05) is 6.07 Å². The molecular weight excluding hydrogens is 242 g/mol. The van der Waals surface area contributed by atoms with Crippen LogP contribution in [-0.4, -0.2) is 21.8 Å². The minimum atomic E-state index is -0.685. The number of hydrogen-bond donors (Lipinski definition) is 2. The molecule has 0 fully saturated rings. The van der Waals surface area contributed by atoms with Gasteiger partial charge in [-0.2, -0.15) is 5.10 Å². The Morgan fingerprint density at radius 1 is 1.47 bits per heavy atom. The van der Waals surface area contributed by atoms with E-state index >= 15 is 0 Å². The summed E-state index contributed by atoms with van der Waals surface area (Å²) < 4.78 is 2.02. The number of nitrogens with zero attached hydrogens (tertiary/aromatic N) is 3. The molecule has 0 aliphatic rings. The van der Waals surface area contributed by atoms with E-state index < -0.39 is 6.03 Å². The molecule has 6 nitrogen and oxygen atoms in total. The maximum absolute atomic E-state index is 10.6. The molecule has 0 unspecified atom stereocenters. The van der Waals surface area contributed by atoms with Crippen molar-refractivity contribution in [2.24, 2.45) is 10.8 Å². The first-order chi connectivity index (χ1) is 9.09. The number of aromatic nitrogens is 2. The molecule has 0 bridgehead atoms. The van der Waals surface area contributed by atoms with Gasteiger partial charge < -0.3 is 10.3 Å². The number of carbonyl (C=O) groups is 1. The van der Waals surface area contributed by atoms with Crippen LogP contribution in [-0.2, 0) is 0 Å². The summed E-state index contributed by atoms with van der Waals surface area (Å²) >= 11 is 0. The number of amides is 2. The summed E-state index contributed by atoms with van der Waals surface area (Å²) in [5.41, 5.74) is 10.0. The predicted molar refractivity (Wildman–Crippen MR) is 73.4 cm³/mol. The smallest absolute Gasteiger partial charge is 0.332 e. The van der Waals surface area contributed by atoms with Gasteiger partial charge >= 0.3 is 6.03 Å². The van der Waals surface area contributed by atoms with E-state index in [1.165, 1.54) is 0 Å². The summed E-state index contributed by atoms with van der Waals surface area (Å²) in [4.78, 5) is 14.9. The molecule has 2 rings (SSSR count). The second kappa shape index (κ2) is 5.34. The highest BCUT2D eigenvalue weighted by atomic mass is 16.2. The van der Waals surface area contributed by atoms with Crippen LogP contribution in [0.5, 0.6) is 0 Å². The van der Waals surface area contributed by atoms with Crippen molar-refractivity contribution in [3.63, 3.8) is 0 Å². The lowest BCUT2D eigenvalue weighted by Gasteiger charge is -2.07. The zero-order valence-corrected chi connectivity index (χ0v) is 10.8. The zero-order chi connectivity index (χ0) is 13.8. The summed E-state index contributed by atoms with van der Waals surface area (Å²) in [6.45, 7) is 3.95. The van der Waals surface area contributed by atoms with Gasteiger partial charge in [0.1, 0.15) is 5.82 Å². The number of urea groups is 1. The summed E-state index contributed by atoms with van der Waals surface area (Å²) in [5, 5.41) is 3.77. The molecule has 0 aromatic carbocycles. The minimum Gasteiger partial charge on any atom is -0.350 e. The summed E-state index contributed by atoms with van der Waals surface area (Å²) in [6.07, 6.45) is 3.31. The number of hydrogen-bond acceptors (Lipinski definition) is 3. The van der Waals surface area contributed by atoms with Crippen LogP contribution in [0.25, 0.3) is 5.82 Å². The number of nitrogens with one attached hydrogen (secondary N) is 1. The topological polar surface area (TPSA) is 85.3 Å². The molecule has 2 aromatic heterocycles. The first kappa shape index (κ1) is 12.8. The summed E-state index contributed by atoms with van der Waals surface area (Å²) in [7, 11) is 0. The van der Waals surface area contributed by atoms with Crippen molar-refractivity contribution in [3.05, 3.63) is 47.4 Å². The van der Waals surface area contributed by atoms with Gasteiger partial charge in [0.25, 0.3) is 0 Å². The molecule has 2 amide bonds. The standard InChI is InChI=1S/C13H15N5O/c1-9-7-11(8-16-17-13(14)19)10(2)18(9)12-5-3-4-6-15-12/h3-8H,1-2H3,(H3,14,17,19)/b16-8-. The maximum Gasteiger partial charge on any atom is 0.332 e. The largest absolute Gasteiger partial charge is 0.350 e. The Balaban J connectivity index is 2.35. The van der Waals surface area contributed by atoms with E-state index in [2.05, 4.69) is 15.5 Å². The third-order valence-corrected chi connectivity index (χ3v) is 2.73. The van der Waals surface area contributed by atoms with E-state index in [-0.39, 0.29) is 0 Å². The summed E-state index contributed by atoms with van der Waals surface area (Å²) in [5.74, 6) is 0.847. The Bertz CT molecular complexity index is 615. The van der Waals surface area contributed by atoms with Gasteiger partial charge in [-0.05, 0) is 32.0 Å². The number of pyridine rings is 1. The molecule has 3 N–H and O–H groups in total. The van der Waals surface area contributed by atoms with Crippen LogP contribution in [0.15, 0.2) is 35.6 Å². The maximum atomic E-state index is 10.6. The lowest BCUT2D eigenvalue weighted by atomic mass is 10.3. The van der Waals surface area contributed by atoms with Crippen molar-refractivity contribution in [1.29, 1.82) is 0 Å². The van der Waals surface area contributed by atoms with E-state index in [1.807, 2.05) is 42.7 Å². The third-order valence-electron chi connectivity index (χ3n) is 2.73. The highest BCUT2D eigenvalue weighted by Gasteiger charge is 2.09. The molecule has 2 heterocycles. The van der Waals surface area contributed by atoms with Gasteiger partial charge in [0.2, 0.25) is 0 Å². The molecule has 0 spiro atoms. The molecule has 0 saturated heterocycles. The van der Waals surface area contributed by atoms with E-state index in [4.69, 9.17) is 5.73 Å². The molecule has 0 atom stereocenters. The number of rotatable bonds is 3. The van der Waals surface area contributed by atoms with Crippen LogP contribution in [0.4, 0.5) is 4.79 Å². The molecule has 0 radical (unpaired) electrons. The molecular formula is C13H15N5O. The van der Waals surface area contributed by atoms with Crippen molar-refractivity contribution in [2.75, 3.05) is 0 Å². The van der Waals surface area contributed by atoms with Crippen LogP contribution in [0, 0.1) is 13.8 Å². The second-order valence-corrected chi connectivity index (χ2v) is 4.08. The number of carbonyl (C=O) groups excluding carboxylic acids is 1. The molecule has 0 aliphatic carbocycles. The molecule has 6 heteroatoms. The number of nitrogens with two attached hydrogens (primary N) is 1. The Morgan fingerprint density at radius 2 is 2.26 bits per heavy atom. The van der Waals surface area contributed by atoms with Crippen molar-refractivity contribution in [2.45, 2.75) is 13.8 Å². The number of hydrazone groups is 1. The van der Waals surface area contributed by atoms with Gasteiger partial charge in [0.15, 0.2) is 0 Å². The first-order valence-electron chi connectivity index (χ1n) is 5.78. The summed E-state index contributed by atoms with van der Waals surface area (Å²) in [6, 6.07) is 7.02. The van der Waals surface area contributed by atoms with Gasteiger partial charge in [-0.15, -0.1) is 0 Å². The van der Waals surface area contributed by atoms with Gasteiger partial charge in [0, 0.05) is 23.1 Å². The number of aryl methyl sites for hydroxylation is 1. The van der Waals surface area contributed by atoms with Crippen LogP contribution < -0.4 is 11.2 Å². The fraction of sp³-hybridized carbons (Fsp3) is 0.154. The predicted octanol–water partition coefficient (Wildman–Crippen LogP) is 1.49. The highest BCUT2D eigenvalue weighted by Crippen LogP contribution is 2.17. The quantitative estimate of drug-likeness (QED) is 0.644. The highest BCUT2D eigenvalue weighted by molar-refractivity contribution is 5.83. The van der Waals surface area contributed by atoms with Crippen molar-refractivity contribution >= 4 is 12.2 Å². The number of primary amides is 1. The molecule has 0 saturated carbocycles. The molecule has 19 heavy (non-hydrogen) atoms. The zero-order valence-electron chi connectivity index (χ0n) is 10.8. The van der Waals surface area contributed by atoms with Crippen LogP contribution >= 0.6 is 0 Å². The van der Waals surface area contributed by atoms with E-state index in [9.17, 15) is 4.79 Å².